The van der Waals surface area contributed by atoms with Crippen molar-refractivity contribution in [3.63, 3.8) is 0 Å². The summed E-state index contributed by atoms with van der Waals surface area (Å²) in [4.78, 5) is 26.8. The number of nitrogens with two attached hydrogens (primary N) is 2. The lowest BCUT2D eigenvalue weighted by Crippen LogP contribution is -2.43. The first-order valence-electron chi connectivity index (χ1n) is 7.09. The van der Waals surface area contributed by atoms with Crippen LogP contribution in [0.15, 0.2) is 24.3 Å². The summed E-state index contributed by atoms with van der Waals surface area (Å²) in [6.45, 7) is 5.74. The predicted molar refractivity (Wildman–Crippen MR) is 83.3 cm³/mol. The third-order valence-corrected chi connectivity index (χ3v) is 3.30. The molecule has 2 amide bonds. The summed E-state index contributed by atoms with van der Waals surface area (Å²) < 4.78 is 0. The van der Waals surface area contributed by atoms with E-state index in [9.17, 15) is 9.59 Å². The van der Waals surface area contributed by atoms with Gasteiger partial charge in [-0.25, -0.2) is 0 Å². The SMILES string of the molecule is CCN(CC)C(=O)CN(CC(N)=O)Cc1ccccc1N. The average Bonchev–Trinajstić information content (AvgIpc) is 2.42. The Morgan fingerprint density at radius 1 is 1.10 bits per heavy atom. The van der Waals surface area contributed by atoms with Crippen LogP contribution in [0.4, 0.5) is 5.69 Å². The highest BCUT2D eigenvalue weighted by atomic mass is 16.2. The predicted octanol–water partition coefficient (Wildman–Crippen LogP) is 0.425. The maximum absolute atomic E-state index is 12.2. The Kier molecular flexibility index (Phi) is 6.68. The van der Waals surface area contributed by atoms with Crippen molar-refractivity contribution in [1.29, 1.82) is 0 Å². The van der Waals surface area contributed by atoms with Crippen LogP contribution in [-0.2, 0) is 16.1 Å². The van der Waals surface area contributed by atoms with Crippen molar-refractivity contribution in [3.8, 4) is 0 Å². The summed E-state index contributed by atoms with van der Waals surface area (Å²) in [5, 5.41) is 0. The molecule has 0 heterocycles. The van der Waals surface area contributed by atoms with Gasteiger partial charge in [-0.05, 0) is 25.5 Å². The smallest absolute Gasteiger partial charge is 0.236 e. The number of hydrogen-bond donors (Lipinski definition) is 2. The van der Waals surface area contributed by atoms with E-state index in [2.05, 4.69) is 0 Å². The van der Waals surface area contributed by atoms with E-state index in [4.69, 9.17) is 11.5 Å². The lowest BCUT2D eigenvalue weighted by molar-refractivity contribution is -0.132. The fraction of sp³-hybridized carbons (Fsp3) is 0.467. The van der Waals surface area contributed by atoms with Crippen molar-refractivity contribution in [2.75, 3.05) is 31.9 Å². The molecule has 0 unspecified atom stereocenters. The van der Waals surface area contributed by atoms with E-state index in [0.717, 1.165) is 5.56 Å². The third-order valence-electron chi connectivity index (χ3n) is 3.30. The van der Waals surface area contributed by atoms with Crippen LogP contribution in [0.1, 0.15) is 19.4 Å². The highest BCUT2D eigenvalue weighted by molar-refractivity contribution is 5.80. The van der Waals surface area contributed by atoms with Crippen molar-refractivity contribution in [2.24, 2.45) is 5.73 Å². The Morgan fingerprint density at radius 2 is 1.71 bits per heavy atom. The van der Waals surface area contributed by atoms with E-state index >= 15 is 0 Å². The third kappa shape index (κ3) is 5.43. The molecule has 21 heavy (non-hydrogen) atoms. The average molecular weight is 292 g/mol. The summed E-state index contributed by atoms with van der Waals surface area (Å²) in [6.07, 6.45) is 0. The van der Waals surface area contributed by atoms with Gasteiger partial charge in [0.1, 0.15) is 0 Å². The molecule has 116 valence electrons. The molecule has 0 aliphatic heterocycles. The second kappa shape index (κ2) is 8.26. The molecule has 0 aliphatic carbocycles. The van der Waals surface area contributed by atoms with Gasteiger partial charge >= 0.3 is 0 Å². The van der Waals surface area contributed by atoms with Crippen LogP contribution in [0.3, 0.4) is 0 Å². The standard InChI is InChI=1S/C15H24N4O2/c1-3-19(4-2)15(21)11-18(10-14(17)20)9-12-7-5-6-8-13(12)16/h5-8H,3-4,9-11,16H2,1-2H3,(H2,17,20). The van der Waals surface area contributed by atoms with Crippen LogP contribution in [0.2, 0.25) is 0 Å². The number of nitrogens with zero attached hydrogens (tertiary/aromatic N) is 2. The molecule has 1 aromatic carbocycles. The number of benzene rings is 1. The molecular weight excluding hydrogens is 268 g/mol. The number of carbonyl (C=O) groups is 2. The Morgan fingerprint density at radius 3 is 2.24 bits per heavy atom. The largest absolute Gasteiger partial charge is 0.398 e. The van der Waals surface area contributed by atoms with E-state index in [-0.39, 0.29) is 19.0 Å². The number of primary amides is 1. The van der Waals surface area contributed by atoms with E-state index in [1.54, 1.807) is 15.9 Å². The number of hydrogen-bond acceptors (Lipinski definition) is 4. The second-order valence-corrected chi connectivity index (χ2v) is 4.88. The van der Waals surface area contributed by atoms with Crippen molar-refractivity contribution >= 4 is 17.5 Å². The zero-order valence-electron chi connectivity index (χ0n) is 12.7. The molecule has 0 radical (unpaired) electrons. The summed E-state index contributed by atoms with van der Waals surface area (Å²) in [5.41, 5.74) is 12.7. The van der Waals surface area contributed by atoms with Gasteiger partial charge in [-0.15, -0.1) is 0 Å². The topological polar surface area (TPSA) is 92.7 Å². The molecule has 0 atom stereocenters. The molecule has 0 bridgehead atoms. The maximum atomic E-state index is 12.2. The number of para-hydroxylation sites is 1. The number of rotatable bonds is 8. The molecule has 6 nitrogen and oxygen atoms in total. The first-order chi connectivity index (χ1) is 9.97. The molecule has 0 aliphatic rings. The molecule has 6 heteroatoms. The first-order valence-corrected chi connectivity index (χ1v) is 7.09. The zero-order valence-corrected chi connectivity index (χ0v) is 12.7. The lowest BCUT2D eigenvalue weighted by Gasteiger charge is -2.25. The Balaban J connectivity index is 2.79. The molecule has 1 rings (SSSR count). The molecule has 1 aromatic rings. The molecule has 4 N–H and O–H groups in total. The fourth-order valence-corrected chi connectivity index (χ4v) is 2.17. The van der Waals surface area contributed by atoms with Gasteiger partial charge in [0.15, 0.2) is 0 Å². The van der Waals surface area contributed by atoms with E-state index in [1.165, 1.54) is 0 Å². The number of amides is 2. The van der Waals surface area contributed by atoms with Crippen LogP contribution >= 0.6 is 0 Å². The fourth-order valence-electron chi connectivity index (χ4n) is 2.17. The van der Waals surface area contributed by atoms with Gasteiger partial charge in [-0.1, -0.05) is 18.2 Å². The monoisotopic (exact) mass is 292 g/mol. The van der Waals surface area contributed by atoms with Gasteiger partial charge in [0.25, 0.3) is 0 Å². The lowest BCUT2D eigenvalue weighted by atomic mass is 10.1. The minimum Gasteiger partial charge on any atom is -0.398 e. The van der Waals surface area contributed by atoms with Gasteiger partial charge in [-0.3, -0.25) is 14.5 Å². The Labute approximate surface area is 125 Å². The number of carbonyl (C=O) groups excluding carboxylic acids is 2. The normalized spacial score (nSPS) is 10.6. The number of anilines is 1. The molecule has 0 spiro atoms. The zero-order chi connectivity index (χ0) is 15.8. The van der Waals surface area contributed by atoms with Crippen LogP contribution in [0.5, 0.6) is 0 Å². The van der Waals surface area contributed by atoms with Gasteiger partial charge < -0.3 is 16.4 Å². The summed E-state index contributed by atoms with van der Waals surface area (Å²) in [5.74, 6) is -0.479. The van der Waals surface area contributed by atoms with E-state index in [0.29, 0.717) is 25.3 Å². The minimum absolute atomic E-state index is 0.0178. The van der Waals surface area contributed by atoms with Gasteiger partial charge in [0.05, 0.1) is 13.1 Å². The van der Waals surface area contributed by atoms with E-state index < -0.39 is 5.91 Å². The molecule has 0 saturated heterocycles. The van der Waals surface area contributed by atoms with Gasteiger partial charge in [0.2, 0.25) is 11.8 Å². The summed E-state index contributed by atoms with van der Waals surface area (Å²) in [6, 6.07) is 7.40. The maximum Gasteiger partial charge on any atom is 0.236 e. The Bertz CT molecular complexity index is 486. The van der Waals surface area contributed by atoms with Crippen LogP contribution in [0, 0.1) is 0 Å². The molecule has 0 saturated carbocycles. The minimum atomic E-state index is -0.461. The Hall–Kier alpha value is -2.08. The van der Waals surface area contributed by atoms with Crippen molar-refractivity contribution in [1.82, 2.24) is 9.80 Å². The van der Waals surface area contributed by atoms with Crippen LogP contribution < -0.4 is 11.5 Å². The van der Waals surface area contributed by atoms with Crippen molar-refractivity contribution < 1.29 is 9.59 Å². The molecule has 0 aromatic heterocycles. The van der Waals surface area contributed by atoms with Crippen LogP contribution in [-0.4, -0.2) is 47.8 Å². The van der Waals surface area contributed by atoms with Crippen molar-refractivity contribution in [2.45, 2.75) is 20.4 Å². The van der Waals surface area contributed by atoms with Gasteiger partial charge in [-0.2, -0.15) is 0 Å². The van der Waals surface area contributed by atoms with Gasteiger partial charge in [0, 0.05) is 25.3 Å². The quantitative estimate of drug-likeness (QED) is 0.679. The number of nitrogen functional groups attached to an aromatic ring is 1. The highest BCUT2D eigenvalue weighted by Gasteiger charge is 2.17. The van der Waals surface area contributed by atoms with E-state index in [1.807, 2.05) is 32.0 Å². The summed E-state index contributed by atoms with van der Waals surface area (Å²) in [7, 11) is 0. The summed E-state index contributed by atoms with van der Waals surface area (Å²) >= 11 is 0. The molecule has 0 fully saturated rings. The number of likely N-dealkylation sites (N-methyl/N-ethyl adjacent to an activating group) is 1. The van der Waals surface area contributed by atoms with Crippen molar-refractivity contribution in [3.05, 3.63) is 29.8 Å². The molecular formula is C15H24N4O2. The van der Waals surface area contributed by atoms with Crippen LogP contribution in [0.25, 0.3) is 0 Å². The highest BCUT2D eigenvalue weighted by Crippen LogP contribution is 2.13. The first kappa shape index (κ1) is 17.0. The second-order valence-electron chi connectivity index (χ2n) is 4.88.